The number of rotatable bonds is 6. The molecule has 0 N–H and O–H groups in total. The molecule has 27 heavy (non-hydrogen) atoms. The van der Waals surface area contributed by atoms with Gasteiger partial charge >= 0.3 is 0 Å². The summed E-state index contributed by atoms with van der Waals surface area (Å²) in [6.07, 6.45) is 4.67. The van der Waals surface area contributed by atoms with E-state index in [4.69, 9.17) is 14.0 Å². The van der Waals surface area contributed by atoms with Crippen molar-refractivity contribution in [1.29, 1.82) is 0 Å². The van der Waals surface area contributed by atoms with Crippen LogP contribution in [0.5, 0.6) is 11.5 Å². The third-order valence-electron chi connectivity index (χ3n) is 5.75. The van der Waals surface area contributed by atoms with E-state index in [2.05, 4.69) is 21.0 Å². The Morgan fingerprint density at radius 1 is 0.963 bits per heavy atom. The Bertz CT molecular complexity index is 766. The summed E-state index contributed by atoms with van der Waals surface area (Å²) in [6, 6.07) is 6.00. The lowest BCUT2D eigenvalue weighted by Gasteiger charge is -2.34. The molecule has 1 aliphatic heterocycles. The van der Waals surface area contributed by atoms with E-state index in [1.54, 1.807) is 14.2 Å². The Kier molecular flexibility index (Phi) is 5.64. The number of aryl methyl sites for hydroxylation is 1. The van der Waals surface area contributed by atoms with Crippen LogP contribution in [0.25, 0.3) is 0 Å². The quantitative estimate of drug-likeness (QED) is 0.778. The van der Waals surface area contributed by atoms with Crippen molar-refractivity contribution in [2.45, 2.75) is 38.8 Å². The molecule has 1 aromatic carbocycles. The number of ether oxygens (including phenoxy) is 2. The molecule has 6 heteroatoms. The molecule has 6 nitrogen and oxygen atoms in total. The second-order valence-corrected chi connectivity index (χ2v) is 7.47. The third-order valence-corrected chi connectivity index (χ3v) is 5.75. The summed E-state index contributed by atoms with van der Waals surface area (Å²) in [7, 11) is 3.43. The van der Waals surface area contributed by atoms with Crippen LogP contribution < -0.4 is 9.47 Å². The molecule has 0 amide bonds. The van der Waals surface area contributed by atoms with E-state index in [1.807, 2.05) is 12.1 Å². The topological polar surface area (TPSA) is 51.0 Å². The van der Waals surface area contributed by atoms with Crippen LogP contribution in [0.15, 0.2) is 22.7 Å². The zero-order valence-electron chi connectivity index (χ0n) is 16.4. The van der Waals surface area contributed by atoms with Crippen molar-refractivity contribution >= 4 is 0 Å². The Hall–Kier alpha value is -2.05. The second-order valence-electron chi connectivity index (χ2n) is 7.47. The van der Waals surface area contributed by atoms with Crippen LogP contribution >= 0.6 is 0 Å². The van der Waals surface area contributed by atoms with Crippen LogP contribution in [-0.2, 0) is 25.9 Å². The number of hydrogen-bond acceptors (Lipinski definition) is 6. The minimum absolute atomic E-state index is 0.875. The fourth-order valence-electron chi connectivity index (χ4n) is 4.14. The van der Waals surface area contributed by atoms with Gasteiger partial charge in [0.2, 0.25) is 0 Å². The SMILES string of the molecule is COc1ccc(OC)c(CN2CCN(Cc3noc4c3CCCC4)CC2)c1. The number of aromatic nitrogens is 1. The number of fused-ring (bicyclic) bond motifs is 1. The minimum Gasteiger partial charge on any atom is -0.497 e. The normalized spacial score (nSPS) is 18.3. The van der Waals surface area contributed by atoms with Crippen molar-refractivity contribution in [2.75, 3.05) is 40.4 Å². The lowest BCUT2D eigenvalue weighted by atomic mass is 9.96. The molecule has 0 spiro atoms. The lowest BCUT2D eigenvalue weighted by molar-refractivity contribution is 0.119. The van der Waals surface area contributed by atoms with Gasteiger partial charge in [-0.2, -0.15) is 0 Å². The van der Waals surface area contributed by atoms with Crippen molar-refractivity contribution < 1.29 is 14.0 Å². The molecule has 2 aliphatic rings. The molecule has 2 heterocycles. The van der Waals surface area contributed by atoms with E-state index in [0.717, 1.165) is 75.1 Å². The molecule has 0 bridgehead atoms. The van der Waals surface area contributed by atoms with Gasteiger partial charge in [0.15, 0.2) is 0 Å². The van der Waals surface area contributed by atoms with Gasteiger partial charge in [-0.1, -0.05) is 5.16 Å². The highest BCUT2D eigenvalue weighted by atomic mass is 16.5. The highest BCUT2D eigenvalue weighted by Gasteiger charge is 2.23. The molecular weight excluding hydrogens is 342 g/mol. The van der Waals surface area contributed by atoms with Gasteiger partial charge in [0.25, 0.3) is 0 Å². The molecule has 0 atom stereocenters. The van der Waals surface area contributed by atoms with Crippen LogP contribution in [0.4, 0.5) is 0 Å². The summed E-state index contributed by atoms with van der Waals surface area (Å²) in [4.78, 5) is 4.97. The van der Waals surface area contributed by atoms with E-state index >= 15 is 0 Å². The first kappa shape index (κ1) is 18.3. The van der Waals surface area contributed by atoms with Crippen LogP contribution in [0, 0.1) is 0 Å². The largest absolute Gasteiger partial charge is 0.497 e. The zero-order chi connectivity index (χ0) is 18.6. The van der Waals surface area contributed by atoms with Gasteiger partial charge in [0.1, 0.15) is 23.0 Å². The monoisotopic (exact) mass is 371 g/mol. The Balaban J connectivity index is 1.34. The van der Waals surface area contributed by atoms with Crippen molar-refractivity contribution in [3.8, 4) is 11.5 Å². The van der Waals surface area contributed by atoms with E-state index < -0.39 is 0 Å². The maximum absolute atomic E-state index is 5.56. The van der Waals surface area contributed by atoms with Crippen LogP contribution in [0.2, 0.25) is 0 Å². The molecule has 1 aromatic heterocycles. The van der Waals surface area contributed by atoms with E-state index in [0.29, 0.717) is 0 Å². The zero-order valence-corrected chi connectivity index (χ0v) is 16.4. The van der Waals surface area contributed by atoms with Gasteiger partial charge in [-0.05, 0) is 37.5 Å². The number of benzene rings is 1. The molecule has 0 unspecified atom stereocenters. The molecule has 146 valence electrons. The van der Waals surface area contributed by atoms with Gasteiger partial charge in [-0.15, -0.1) is 0 Å². The minimum atomic E-state index is 0.875. The standard InChI is InChI=1S/C21H29N3O3/c1-25-17-7-8-20(26-2)16(13-17)14-23-9-11-24(12-10-23)15-19-18-5-3-4-6-21(18)27-22-19/h7-8,13H,3-6,9-12,14-15H2,1-2H3. The van der Waals surface area contributed by atoms with Crippen molar-refractivity contribution in [3.63, 3.8) is 0 Å². The van der Waals surface area contributed by atoms with E-state index in [9.17, 15) is 0 Å². The summed E-state index contributed by atoms with van der Waals surface area (Å²) in [5.74, 6) is 2.92. The highest BCUT2D eigenvalue weighted by molar-refractivity contribution is 5.40. The van der Waals surface area contributed by atoms with Gasteiger partial charge in [0, 0.05) is 56.8 Å². The van der Waals surface area contributed by atoms with Crippen LogP contribution in [0.1, 0.15) is 35.4 Å². The van der Waals surface area contributed by atoms with Gasteiger partial charge < -0.3 is 14.0 Å². The predicted molar refractivity (Wildman–Crippen MR) is 103 cm³/mol. The van der Waals surface area contributed by atoms with E-state index in [1.165, 1.54) is 24.0 Å². The Morgan fingerprint density at radius 2 is 1.70 bits per heavy atom. The maximum Gasteiger partial charge on any atom is 0.140 e. The maximum atomic E-state index is 5.56. The van der Waals surface area contributed by atoms with Crippen molar-refractivity contribution in [3.05, 3.63) is 40.8 Å². The van der Waals surface area contributed by atoms with Gasteiger partial charge in [0.05, 0.1) is 14.2 Å². The summed E-state index contributed by atoms with van der Waals surface area (Å²) >= 11 is 0. The fraction of sp³-hybridized carbons (Fsp3) is 0.571. The molecule has 2 aromatic rings. The summed E-state index contributed by atoms with van der Waals surface area (Å²) < 4.78 is 16.4. The Labute approximate surface area is 161 Å². The number of hydrogen-bond donors (Lipinski definition) is 0. The predicted octanol–water partition coefficient (Wildman–Crippen LogP) is 2.89. The molecule has 1 fully saturated rings. The molecular formula is C21H29N3O3. The highest BCUT2D eigenvalue weighted by Crippen LogP contribution is 2.27. The smallest absolute Gasteiger partial charge is 0.140 e. The molecule has 1 aliphatic carbocycles. The second kappa shape index (κ2) is 8.31. The van der Waals surface area contributed by atoms with Gasteiger partial charge in [-0.25, -0.2) is 0 Å². The fourth-order valence-corrected chi connectivity index (χ4v) is 4.14. The molecule has 0 radical (unpaired) electrons. The van der Waals surface area contributed by atoms with Crippen LogP contribution in [-0.4, -0.2) is 55.4 Å². The van der Waals surface area contributed by atoms with Crippen molar-refractivity contribution in [1.82, 2.24) is 15.0 Å². The average Bonchev–Trinajstić information content (AvgIpc) is 3.12. The number of piperazine rings is 1. The Morgan fingerprint density at radius 3 is 2.44 bits per heavy atom. The first-order chi connectivity index (χ1) is 13.3. The molecule has 4 rings (SSSR count). The van der Waals surface area contributed by atoms with Gasteiger partial charge in [-0.3, -0.25) is 9.80 Å². The number of nitrogens with zero attached hydrogens (tertiary/aromatic N) is 3. The molecule has 0 saturated carbocycles. The van der Waals surface area contributed by atoms with Crippen LogP contribution in [0.3, 0.4) is 0 Å². The summed E-state index contributed by atoms with van der Waals surface area (Å²) in [6.45, 7) is 5.98. The molecule has 1 saturated heterocycles. The number of methoxy groups -OCH3 is 2. The first-order valence-corrected chi connectivity index (χ1v) is 9.88. The average molecular weight is 371 g/mol. The summed E-state index contributed by atoms with van der Waals surface area (Å²) in [5, 5.41) is 4.36. The lowest BCUT2D eigenvalue weighted by Crippen LogP contribution is -2.45. The first-order valence-electron chi connectivity index (χ1n) is 9.88. The third kappa shape index (κ3) is 4.12. The van der Waals surface area contributed by atoms with E-state index in [-0.39, 0.29) is 0 Å². The van der Waals surface area contributed by atoms with Crippen molar-refractivity contribution in [2.24, 2.45) is 0 Å². The summed E-state index contributed by atoms with van der Waals surface area (Å²) in [5.41, 5.74) is 3.72.